The van der Waals surface area contributed by atoms with Crippen molar-refractivity contribution in [1.82, 2.24) is 4.98 Å². The molecule has 194 valence electrons. The van der Waals surface area contributed by atoms with Crippen LogP contribution >= 0.6 is 22.7 Å². The summed E-state index contributed by atoms with van der Waals surface area (Å²) in [5.41, 5.74) is 3.16. The fraction of sp³-hybridized carbons (Fsp3) is 0.296. The number of hydrogen-bond acceptors (Lipinski definition) is 10. The first-order chi connectivity index (χ1) is 18.5. The first-order valence-corrected chi connectivity index (χ1v) is 13.9. The molecule has 0 radical (unpaired) electrons. The van der Waals surface area contributed by atoms with Crippen LogP contribution in [0.3, 0.4) is 0 Å². The largest absolute Gasteiger partial charge is 0.462 e. The van der Waals surface area contributed by atoms with E-state index < -0.39 is 0 Å². The molecule has 2 heterocycles. The smallest absolute Gasteiger partial charge is 0.348 e. The fourth-order valence-corrected chi connectivity index (χ4v) is 5.45. The SMILES string of the molecule is [C-]#[N+]c1cc(N=Nc2ccc(N(CC)CC)cc2)ccc1N=Nc1nc2sc(C(=O)OCCCC)cc2s1. The number of esters is 1. The highest BCUT2D eigenvalue weighted by atomic mass is 32.1. The van der Waals surface area contributed by atoms with Gasteiger partial charge in [-0.2, -0.15) is 15.3 Å². The second kappa shape index (κ2) is 13.0. The molecule has 0 bridgehead atoms. The van der Waals surface area contributed by atoms with Gasteiger partial charge in [0.15, 0.2) is 0 Å². The van der Waals surface area contributed by atoms with E-state index in [4.69, 9.17) is 11.3 Å². The molecule has 0 aliphatic rings. The Morgan fingerprint density at radius 2 is 1.71 bits per heavy atom. The van der Waals surface area contributed by atoms with Gasteiger partial charge >= 0.3 is 5.97 Å². The van der Waals surface area contributed by atoms with Crippen LogP contribution in [-0.4, -0.2) is 30.6 Å². The molecule has 0 spiro atoms. The first-order valence-electron chi connectivity index (χ1n) is 12.3. The number of unbranched alkanes of at least 4 members (excludes halogenated alkanes) is 1. The van der Waals surface area contributed by atoms with Crippen molar-refractivity contribution >= 4 is 71.7 Å². The number of rotatable bonds is 11. The van der Waals surface area contributed by atoms with Crippen LogP contribution in [0.4, 0.5) is 33.6 Å². The number of nitrogens with zero attached hydrogens (tertiary/aromatic N) is 7. The van der Waals surface area contributed by atoms with Crippen LogP contribution in [0.1, 0.15) is 43.3 Å². The van der Waals surface area contributed by atoms with Crippen molar-refractivity contribution in [3.05, 3.63) is 64.8 Å². The first kappa shape index (κ1) is 27.0. The standard InChI is InChI=1S/C27H27N7O2S2/c1-5-8-15-36-26(35)24-17-23-25(37-24)29-27(38-23)33-32-21-14-11-19(16-22(21)28-4)31-30-18-9-12-20(13-10-18)34(6-2)7-3/h9-14,16-17H,5-8,15H2,1-3H3. The lowest BCUT2D eigenvalue weighted by molar-refractivity contribution is 0.0505. The van der Waals surface area contributed by atoms with E-state index in [1.165, 1.54) is 22.7 Å². The average Bonchev–Trinajstić information content (AvgIpc) is 3.52. The van der Waals surface area contributed by atoms with Gasteiger partial charge in [-0.1, -0.05) is 24.7 Å². The number of hydrogen-bond donors (Lipinski definition) is 0. The minimum absolute atomic E-state index is 0.317. The maximum absolute atomic E-state index is 12.1. The quantitative estimate of drug-likeness (QED) is 0.0811. The molecule has 0 atom stereocenters. The van der Waals surface area contributed by atoms with Crippen molar-refractivity contribution in [1.29, 1.82) is 0 Å². The third kappa shape index (κ3) is 6.65. The molecule has 0 aliphatic carbocycles. The van der Waals surface area contributed by atoms with Crippen LogP contribution in [0.15, 0.2) is 69.0 Å². The molecule has 0 aliphatic heterocycles. The highest BCUT2D eigenvalue weighted by Crippen LogP contribution is 2.37. The van der Waals surface area contributed by atoms with Gasteiger partial charge in [-0.15, -0.1) is 16.5 Å². The van der Waals surface area contributed by atoms with E-state index in [0.717, 1.165) is 42.0 Å². The number of azo groups is 2. The fourth-order valence-electron chi connectivity index (χ4n) is 3.53. The van der Waals surface area contributed by atoms with E-state index in [2.05, 4.69) is 49.0 Å². The summed E-state index contributed by atoms with van der Waals surface area (Å²) in [6, 6.07) is 14.7. The third-order valence-corrected chi connectivity index (χ3v) is 7.62. The Labute approximate surface area is 229 Å². The van der Waals surface area contributed by atoms with E-state index in [-0.39, 0.29) is 5.97 Å². The van der Waals surface area contributed by atoms with Gasteiger partial charge in [-0.25, -0.2) is 14.6 Å². The minimum Gasteiger partial charge on any atom is -0.462 e. The number of carbonyl (C=O) groups excluding carboxylic acids is 1. The Balaban J connectivity index is 1.43. The molecule has 4 aromatic rings. The summed E-state index contributed by atoms with van der Waals surface area (Å²) >= 11 is 2.60. The van der Waals surface area contributed by atoms with Crippen molar-refractivity contribution < 1.29 is 9.53 Å². The molecule has 0 unspecified atom stereocenters. The van der Waals surface area contributed by atoms with Crippen LogP contribution < -0.4 is 4.90 Å². The molecule has 0 amide bonds. The Morgan fingerprint density at radius 1 is 0.974 bits per heavy atom. The Kier molecular flexibility index (Phi) is 9.24. The molecule has 2 aromatic heterocycles. The van der Waals surface area contributed by atoms with Gasteiger partial charge in [0.25, 0.3) is 0 Å². The molecule has 38 heavy (non-hydrogen) atoms. The minimum atomic E-state index is -0.326. The summed E-state index contributed by atoms with van der Waals surface area (Å²) in [5, 5.41) is 17.5. The van der Waals surface area contributed by atoms with Crippen molar-refractivity contribution in [2.75, 3.05) is 24.6 Å². The zero-order chi connectivity index (χ0) is 26.9. The Morgan fingerprint density at radius 3 is 2.39 bits per heavy atom. The summed E-state index contributed by atoms with van der Waals surface area (Å²) in [6.07, 6.45) is 1.81. The van der Waals surface area contributed by atoms with E-state index in [1.54, 1.807) is 24.3 Å². The number of thiazole rings is 1. The number of benzene rings is 2. The molecule has 9 nitrogen and oxygen atoms in total. The topological polar surface area (TPSA) is 96.2 Å². The zero-order valence-electron chi connectivity index (χ0n) is 21.4. The lowest BCUT2D eigenvalue weighted by Crippen LogP contribution is -2.21. The number of carbonyl (C=O) groups is 1. The second-order valence-electron chi connectivity index (χ2n) is 8.14. The summed E-state index contributed by atoms with van der Waals surface area (Å²) in [5.74, 6) is -0.326. The molecule has 0 fully saturated rings. The van der Waals surface area contributed by atoms with Gasteiger partial charge in [0, 0.05) is 18.8 Å². The molecule has 4 rings (SSSR count). The third-order valence-electron chi connectivity index (χ3n) is 5.59. The van der Waals surface area contributed by atoms with Crippen LogP contribution in [-0.2, 0) is 4.74 Å². The van der Waals surface area contributed by atoms with Crippen molar-refractivity contribution in [2.45, 2.75) is 33.6 Å². The summed E-state index contributed by atoms with van der Waals surface area (Å²) in [6.45, 7) is 16.1. The maximum atomic E-state index is 12.1. The van der Waals surface area contributed by atoms with Gasteiger partial charge in [0.05, 0.1) is 34.9 Å². The van der Waals surface area contributed by atoms with Crippen LogP contribution in [0.5, 0.6) is 0 Å². The van der Waals surface area contributed by atoms with Crippen LogP contribution in [0, 0.1) is 6.57 Å². The number of aromatic nitrogens is 1. The average molecular weight is 546 g/mol. The van der Waals surface area contributed by atoms with Crippen molar-refractivity contribution in [3.8, 4) is 0 Å². The number of ether oxygens (including phenoxy) is 1. The van der Waals surface area contributed by atoms with Gasteiger partial charge < -0.3 is 9.64 Å². The Bertz CT molecular complexity index is 1460. The lowest BCUT2D eigenvalue weighted by Gasteiger charge is -2.20. The molecular weight excluding hydrogens is 518 g/mol. The molecule has 2 aromatic carbocycles. The number of anilines is 1. The maximum Gasteiger partial charge on any atom is 0.348 e. The number of fused-ring (bicyclic) bond motifs is 1. The summed E-state index contributed by atoms with van der Waals surface area (Å²) in [4.78, 5) is 23.6. The van der Waals surface area contributed by atoms with E-state index in [0.29, 0.717) is 38.5 Å². The molecule has 11 heteroatoms. The number of thiophene rings is 1. The zero-order valence-corrected chi connectivity index (χ0v) is 23.1. The Hall–Kier alpha value is -4.01. The molecule has 0 saturated carbocycles. The van der Waals surface area contributed by atoms with Gasteiger partial charge in [0.1, 0.15) is 9.71 Å². The van der Waals surface area contributed by atoms with Crippen LogP contribution in [0.2, 0.25) is 0 Å². The van der Waals surface area contributed by atoms with Gasteiger partial charge in [-0.05, 0) is 68.8 Å². The summed E-state index contributed by atoms with van der Waals surface area (Å²) < 4.78 is 6.11. The predicted molar refractivity (Wildman–Crippen MR) is 154 cm³/mol. The second-order valence-corrected chi connectivity index (χ2v) is 10.2. The van der Waals surface area contributed by atoms with Gasteiger partial charge in [-0.3, -0.25) is 0 Å². The van der Waals surface area contributed by atoms with E-state index >= 15 is 0 Å². The lowest BCUT2D eigenvalue weighted by atomic mass is 10.2. The van der Waals surface area contributed by atoms with Gasteiger partial charge in [0.2, 0.25) is 10.8 Å². The summed E-state index contributed by atoms with van der Waals surface area (Å²) in [7, 11) is 0. The van der Waals surface area contributed by atoms with Crippen molar-refractivity contribution in [3.63, 3.8) is 0 Å². The molecule has 0 N–H and O–H groups in total. The monoisotopic (exact) mass is 545 g/mol. The van der Waals surface area contributed by atoms with Crippen molar-refractivity contribution in [2.24, 2.45) is 20.5 Å². The highest BCUT2D eigenvalue weighted by molar-refractivity contribution is 7.29. The van der Waals surface area contributed by atoms with E-state index in [9.17, 15) is 4.79 Å². The normalized spacial score (nSPS) is 11.4. The molecular formula is C27H27N7O2S2. The molecule has 0 saturated heterocycles. The van der Waals surface area contributed by atoms with E-state index in [1.807, 2.05) is 31.2 Å². The predicted octanol–water partition coefficient (Wildman–Crippen LogP) is 9.54. The highest BCUT2D eigenvalue weighted by Gasteiger charge is 2.15. The van der Waals surface area contributed by atoms with Crippen LogP contribution in [0.25, 0.3) is 14.4 Å².